The minimum absolute atomic E-state index is 0.492. The Kier molecular flexibility index (Phi) is 2.24. The van der Waals surface area contributed by atoms with E-state index in [0.717, 1.165) is 5.52 Å². The van der Waals surface area contributed by atoms with Crippen LogP contribution in [-0.4, -0.2) is 31.1 Å². The molecule has 0 saturated carbocycles. The van der Waals surface area contributed by atoms with Crippen LogP contribution in [0.25, 0.3) is 17.2 Å². The predicted octanol–water partition coefficient (Wildman–Crippen LogP) is 0.747. The molecule has 0 bridgehead atoms. The fourth-order valence-electron chi connectivity index (χ4n) is 1.05. The number of aliphatic hydroxyl groups excluding tert-OH is 1. The zero-order valence-corrected chi connectivity index (χ0v) is 7.68. The largest absolute Gasteiger partial charge is 0.389 e. The van der Waals surface area contributed by atoms with Gasteiger partial charge >= 0.3 is 0 Å². The van der Waals surface area contributed by atoms with Crippen molar-refractivity contribution in [1.29, 1.82) is 0 Å². The number of nitrogens with one attached hydrogen (secondary N) is 1. The fraction of sp³-hybridized carbons (Fsp3) is 0.222. The number of fused-ring (bicyclic) bond motifs is 1. The van der Waals surface area contributed by atoms with E-state index in [1.807, 2.05) is 0 Å². The summed E-state index contributed by atoms with van der Waals surface area (Å²) >= 11 is 0. The number of H-pyrrole nitrogens is 1. The number of nitrogens with zero attached hydrogens (tertiary/aromatic N) is 3. The highest BCUT2D eigenvalue weighted by molar-refractivity contribution is 5.69. The molecule has 0 radical (unpaired) electrons. The van der Waals surface area contributed by atoms with E-state index in [-0.39, 0.29) is 0 Å². The predicted molar refractivity (Wildman–Crippen MR) is 52.4 cm³/mol. The molecule has 2 heterocycles. The first-order chi connectivity index (χ1) is 6.75. The second-order valence-electron chi connectivity index (χ2n) is 2.97. The summed E-state index contributed by atoms with van der Waals surface area (Å²) in [4.78, 5) is 15.1. The number of imidazole rings is 1. The average molecular weight is 190 g/mol. The van der Waals surface area contributed by atoms with Crippen LogP contribution in [0.15, 0.2) is 18.6 Å². The van der Waals surface area contributed by atoms with Gasteiger partial charge in [0.15, 0.2) is 11.5 Å². The lowest BCUT2D eigenvalue weighted by atomic mass is 10.3. The first-order valence-electron chi connectivity index (χ1n) is 4.28. The van der Waals surface area contributed by atoms with Crippen molar-refractivity contribution in [1.82, 2.24) is 19.9 Å². The average Bonchev–Trinajstić information content (AvgIpc) is 2.61. The normalized spacial score (nSPS) is 13.9. The number of rotatable bonds is 2. The highest BCUT2D eigenvalue weighted by Crippen LogP contribution is 2.05. The van der Waals surface area contributed by atoms with Gasteiger partial charge in [0, 0.05) is 0 Å². The third-order valence-corrected chi connectivity index (χ3v) is 1.72. The van der Waals surface area contributed by atoms with Crippen LogP contribution in [0.1, 0.15) is 12.7 Å². The minimum Gasteiger partial charge on any atom is -0.389 e. The van der Waals surface area contributed by atoms with Crippen LogP contribution in [0.2, 0.25) is 0 Å². The van der Waals surface area contributed by atoms with Crippen LogP contribution in [0, 0.1) is 0 Å². The molecule has 5 nitrogen and oxygen atoms in total. The number of aromatic nitrogens is 4. The Bertz CT molecular complexity index is 461. The first kappa shape index (κ1) is 8.83. The highest BCUT2D eigenvalue weighted by atomic mass is 16.3. The highest BCUT2D eigenvalue weighted by Gasteiger charge is 1.98. The van der Waals surface area contributed by atoms with E-state index in [1.54, 1.807) is 31.6 Å². The summed E-state index contributed by atoms with van der Waals surface area (Å²) in [5.74, 6) is 0.547. The van der Waals surface area contributed by atoms with E-state index < -0.39 is 6.10 Å². The summed E-state index contributed by atoms with van der Waals surface area (Å²) in [5.41, 5.74) is 1.43. The molecule has 0 aliphatic heterocycles. The molecule has 2 aromatic rings. The van der Waals surface area contributed by atoms with Gasteiger partial charge in [0.1, 0.15) is 5.52 Å². The smallest absolute Gasteiger partial charge is 0.181 e. The minimum atomic E-state index is -0.492. The van der Waals surface area contributed by atoms with E-state index in [9.17, 15) is 0 Å². The molecule has 2 aromatic heterocycles. The quantitative estimate of drug-likeness (QED) is 0.732. The molecule has 1 unspecified atom stereocenters. The molecule has 0 spiro atoms. The summed E-state index contributed by atoms with van der Waals surface area (Å²) in [6, 6.07) is 0. The molecule has 0 aliphatic rings. The summed E-state index contributed by atoms with van der Waals surface area (Å²) in [6.07, 6.45) is 6.03. The van der Waals surface area contributed by atoms with Crippen LogP contribution in [0.3, 0.4) is 0 Å². The Morgan fingerprint density at radius 1 is 1.50 bits per heavy atom. The van der Waals surface area contributed by atoms with Crippen LogP contribution in [-0.2, 0) is 0 Å². The van der Waals surface area contributed by atoms with Crippen LogP contribution in [0.4, 0.5) is 0 Å². The number of aromatic amines is 1. The maximum atomic E-state index is 9.02. The van der Waals surface area contributed by atoms with Gasteiger partial charge in [0.05, 0.1) is 18.6 Å². The summed E-state index contributed by atoms with van der Waals surface area (Å²) < 4.78 is 0. The second kappa shape index (κ2) is 3.55. The van der Waals surface area contributed by atoms with Gasteiger partial charge < -0.3 is 10.1 Å². The zero-order chi connectivity index (χ0) is 9.97. The molecule has 0 saturated heterocycles. The molecular weight excluding hydrogens is 180 g/mol. The van der Waals surface area contributed by atoms with Gasteiger partial charge in [-0.25, -0.2) is 15.0 Å². The van der Waals surface area contributed by atoms with Crippen molar-refractivity contribution in [3.05, 3.63) is 24.4 Å². The molecule has 0 aliphatic carbocycles. The van der Waals surface area contributed by atoms with Gasteiger partial charge in [-0.15, -0.1) is 0 Å². The lowest BCUT2D eigenvalue weighted by Gasteiger charge is -1.94. The first-order valence-corrected chi connectivity index (χ1v) is 4.28. The number of hydrogen-bond donors (Lipinski definition) is 2. The maximum absolute atomic E-state index is 9.02. The van der Waals surface area contributed by atoms with Gasteiger partial charge in [0.2, 0.25) is 0 Å². The lowest BCUT2D eigenvalue weighted by molar-refractivity contribution is 0.245. The van der Waals surface area contributed by atoms with Gasteiger partial charge in [-0.2, -0.15) is 0 Å². The van der Waals surface area contributed by atoms with E-state index in [1.165, 1.54) is 0 Å². The van der Waals surface area contributed by atoms with E-state index in [2.05, 4.69) is 19.9 Å². The number of hydrogen-bond acceptors (Lipinski definition) is 4. The lowest BCUT2D eigenvalue weighted by Crippen LogP contribution is -1.93. The third-order valence-electron chi connectivity index (χ3n) is 1.72. The van der Waals surface area contributed by atoms with Crippen molar-refractivity contribution in [2.75, 3.05) is 0 Å². The van der Waals surface area contributed by atoms with E-state index >= 15 is 0 Å². The van der Waals surface area contributed by atoms with Crippen molar-refractivity contribution >= 4 is 17.2 Å². The fourth-order valence-corrected chi connectivity index (χ4v) is 1.05. The molecule has 5 heteroatoms. The van der Waals surface area contributed by atoms with Crippen molar-refractivity contribution in [3.8, 4) is 0 Å². The molecule has 0 aromatic carbocycles. The molecular formula is C9H10N4O. The Balaban J connectivity index is 2.34. The van der Waals surface area contributed by atoms with Crippen LogP contribution in [0.5, 0.6) is 0 Å². The number of aliphatic hydroxyl groups is 1. The Labute approximate surface area is 80.5 Å². The monoisotopic (exact) mass is 190 g/mol. The van der Waals surface area contributed by atoms with Crippen molar-refractivity contribution in [2.24, 2.45) is 0 Å². The third kappa shape index (κ3) is 1.77. The molecule has 0 fully saturated rings. The standard InChI is InChI=1S/C9H10N4O/c1-6(14)2-3-8-10-4-7-9(13-8)12-5-11-7/h2-6,14H,1H3,(H,10,11,12,13). The van der Waals surface area contributed by atoms with Crippen molar-refractivity contribution in [2.45, 2.75) is 13.0 Å². The van der Waals surface area contributed by atoms with Gasteiger partial charge in [-0.3, -0.25) is 0 Å². The van der Waals surface area contributed by atoms with E-state index in [4.69, 9.17) is 5.11 Å². The molecule has 72 valence electrons. The topological polar surface area (TPSA) is 74.7 Å². The van der Waals surface area contributed by atoms with E-state index in [0.29, 0.717) is 11.5 Å². The second-order valence-corrected chi connectivity index (χ2v) is 2.97. The zero-order valence-electron chi connectivity index (χ0n) is 7.68. The summed E-state index contributed by atoms with van der Waals surface area (Å²) in [6.45, 7) is 1.67. The molecule has 0 amide bonds. The molecule has 14 heavy (non-hydrogen) atoms. The Hall–Kier alpha value is -1.75. The Morgan fingerprint density at radius 2 is 2.36 bits per heavy atom. The summed E-state index contributed by atoms with van der Waals surface area (Å²) in [5, 5.41) is 9.02. The van der Waals surface area contributed by atoms with Crippen LogP contribution >= 0.6 is 0 Å². The molecule has 1 atom stereocenters. The van der Waals surface area contributed by atoms with Gasteiger partial charge in [-0.1, -0.05) is 6.08 Å². The summed E-state index contributed by atoms with van der Waals surface area (Å²) in [7, 11) is 0. The van der Waals surface area contributed by atoms with Crippen molar-refractivity contribution in [3.63, 3.8) is 0 Å². The Morgan fingerprint density at radius 3 is 3.14 bits per heavy atom. The SMILES string of the molecule is CC(O)C=Cc1ncc2[nH]cnc2n1. The molecule has 2 rings (SSSR count). The maximum Gasteiger partial charge on any atom is 0.181 e. The van der Waals surface area contributed by atoms with Crippen LogP contribution < -0.4 is 0 Å². The van der Waals surface area contributed by atoms with Gasteiger partial charge in [0.25, 0.3) is 0 Å². The van der Waals surface area contributed by atoms with Gasteiger partial charge in [-0.05, 0) is 13.0 Å². The molecule has 2 N–H and O–H groups in total. The van der Waals surface area contributed by atoms with Crippen molar-refractivity contribution < 1.29 is 5.11 Å².